The summed E-state index contributed by atoms with van der Waals surface area (Å²) < 4.78 is 5.13. The van der Waals surface area contributed by atoms with Crippen molar-refractivity contribution in [2.45, 2.75) is 44.2 Å². The number of hydrogen-bond acceptors (Lipinski definition) is 4. The maximum Gasteiger partial charge on any atom is 0.334 e. The van der Waals surface area contributed by atoms with Crippen LogP contribution in [-0.2, 0) is 14.3 Å². The van der Waals surface area contributed by atoms with Crippen molar-refractivity contribution < 1.29 is 19.4 Å². The van der Waals surface area contributed by atoms with Crippen LogP contribution in [0.15, 0.2) is 0 Å². The summed E-state index contributed by atoms with van der Waals surface area (Å²) in [5.41, 5.74) is 0. The summed E-state index contributed by atoms with van der Waals surface area (Å²) in [6.07, 6.45) is 4.94. The van der Waals surface area contributed by atoms with Gasteiger partial charge in [0.15, 0.2) is 6.10 Å². The zero-order valence-corrected chi connectivity index (χ0v) is 11.1. The van der Waals surface area contributed by atoms with E-state index < -0.39 is 12.1 Å². The van der Waals surface area contributed by atoms with Crippen LogP contribution in [0.25, 0.3) is 0 Å². The Kier molecular flexibility index (Phi) is 5.15. The van der Waals surface area contributed by atoms with E-state index >= 15 is 0 Å². The highest BCUT2D eigenvalue weighted by atomic mass is 16.5. The van der Waals surface area contributed by atoms with Gasteiger partial charge in [0.1, 0.15) is 0 Å². The van der Waals surface area contributed by atoms with E-state index in [1.54, 1.807) is 0 Å². The Morgan fingerprint density at radius 3 is 2.68 bits per heavy atom. The van der Waals surface area contributed by atoms with Gasteiger partial charge >= 0.3 is 5.97 Å². The number of carboxylic acids is 1. The minimum Gasteiger partial charge on any atom is -0.479 e. The van der Waals surface area contributed by atoms with E-state index in [9.17, 15) is 9.59 Å². The average Bonchev–Trinajstić information content (AvgIpc) is 2.40. The monoisotopic (exact) mass is 270 g/mol. The molecule has 0 aromatic rings. The van der Waals surface area contributed by atoms with Gasteiger partial charge in [-0.05, 0) is 12.8 Å². The second kappa shape index (κ2) is 6.86. The number of carbonyl (C=O) groups is 2. The summed E-state index contributed by atoms with van der Waals surface area (Å²) >= 11 is 0. The zero-order chi connectivity index (χ0) is 13.7. The molecule has 0 aromatic heterocycles. The highest BCUT2D eigenvalue weighted by Crippen LogP contribution is 2.17. The molecular weight excluding hydrogens is 248 g/mol. The Morgan fingerprint density at radius 2 is 2.00 bits per heavy atom. The number of carbonyl (C=O) groups excluding carboxylic acids is 1. The topological polar surface area (TPSA) is 78.9 Å². The Labute approximate surface area is 113 Å². The van der Waals surface area contributed by atoms with Crippen molar-refractivity contribution in [3.63, 3.8) is 0 Å². The molecule has 2 N–H and O–H groups in total. The number of rotatable bonds is 4. The van der Waals surface area contributed by atoms with Crippen molar-refractivity contribution in [1.29, 1.82) is 0 Å². The second-order valence-corrected chi connectivity index (χ2v) is 5.34. The third-order valence-corrected chi connectivity index (χ3v) is 3.76. The van der Waals surface area contributed by atoms with Crippen LogP contribution in [0.3, 0.4) is 0 Å². The largest absolute Gasteiger partial charge is 0.479 e. The summed E-state index contributed by atoms with van der Waals surface area (Å²) in [6, 6.07) is 0.303. The van der Waals surface area contributed by atoms with Crippen LogP contribution >= 0.6 is 0 Å². The van der Waals surface area contributed by atoms with Crippen LogP contribution in [0.1, 0.15) is 32.1 Å². The van der Waals surface area contributed by atoms with E-state index in [1.165, 1.54) is 19.3 Å². The lowest BCUT2D eigenvalue weighted by molar-refractivity contribution is -0.156. The molecule has 1 amide bonds. The molecule has 2 rings (SSSR count). The van der Waals surface area contributed by atoms with E-state index in [-0.39, 0.29) is 19.0 Å². The lowest BCUT2D eigenvalue weighted by Gasteiger charge is -2.31. The molecule has 1 aliphatic heterocycles. The standard InChI is InChI=1S/C13H22N2O4/c16-12(14-10-4-2-1-3-5-10)9-15-6-7-19-11(8-15)13(17)18/h10-11H,1-9H2,(H,14,16)(H,17,18). The molecule has 0 radical (unpaired) electrons. The summed E-state index contributed by atoms with van der Waals surface area (Å²) in [7, 11) is 0. The van der Waals surface area contributed by atoms with Crippen molar-refractivity contribution in [3.8, 4) is 0 Å². The molecule has 1 unspecified atom stereocenters. The van der Waals surface area contributed by atoms with Gasteiger partial charge in [-0.15, -0.1) is 0 Å². The molecule has 2 aliphatic rings. The Balaban J connectivity index is 1.73. The van der Waals surface area contributed by atoms with E-state index in [4.69, 9.17) is 9.84 Å². The SMILES string of the molecule is O=C(CN1CCOC(C(=O)O)C1)NC1CCCCC1. The van der Waals surface area contributed by atoms with Crippen LogP contribution in [0, 0.1) is 0 Å². The van der Waals surface area contributed by atoms with E-state index in [2.05, 4.69) is 5.32 Å². The van der Waals surface area contributed by atoms with Gasteiger partial charge in [0.2, 0.25) is 5.91 Å². The molecule has 1 saturated heterocycles. The first-order valence-electron chi connectivity index (χ1n) is 7.01. The fourth-order valence-corrected chi connectivity index (χ4v) is 2.72. The van der Waals surface area contributed by atoms with Crippen molar-refractivity contribution in [3.05, 3.63) is 0 Å². The molecule has 2 fully saturated rings. The molecule has 0 spiro atoms. The van der Waals surface area contributed by atoms with E-state index in [0.29, 0.717) is 19.2 Å². The van der Waals surface area contributed by atoms with Crippen LogP contribution in [0.2, 0.25) is 0 Å². The number of nitrogens with one attached hydrogen (secondary N) is 1. The molecule has 1 heterocycles. The first-order valence-corrected chi connectivity index (χ1v) is 7.01. The van der Waals surface area contributed by atoms with Crippen molar-refractivity contribution in [2.24, 2.45) is 0 Å². The predicted molar refractivity (Wildman–Crippen MR) is 68.8 cm³/mol. The van der Waals surface area contributed by atoms with Gasteiger partial charge in [-0.2, -0.15) is 0 Å². The Morgan fingerprint density at radius 1 is 1.26 bits per heavy atom. The minimum absolute atomic E-state index is 0.00191. The molecule has 6 nitrogen and oxygen atoms in total. The van der Waals surface area contributed by atoms with Gasteiger partial charge < -0.3 is 15.2 Å². The summed E-state index contributed by atoms with van der Waals surface area (Å²) in [4.78, 5) is 24.6. The average molecular weight is 270 g/mol. The Hall–Kier alpha value is -1.14. The molecule has 1 aliphatic carbocycles. The lowest BCUT2D eigenvalue weighted by atomic mass is 9.95. The molecule has 6 heteroatoms. The van der Waals surface area contributed by atoms with Gasteiger partial charge in [0.05, 0.1) is 13.2 Å². The number of carboxylic acid groups (broad SMARTS) is 1. The zero-order valence-electron chi connectivity index (χ0n) is 11.1. The molecule has 1 saturated carbocycles. The van der Waals surface area contributed by atoms with Gasteiger partial charge in [-0.3, -0.25) is 9.69 Å². The number of hydrogen-bond donors (Lipinski definition) is 2. The molecule has 108 valence electrons. The van der Waals surface area contributed by atoms with Crippen LogP contribution < -0.4 is 5.32 Å². The second-order valence-electron chi connectivity index (χ2n) is 5.34. The van der Waals surface area contributed by atoms with Gasteiger partial charge in [0.25, 0.3) is 0 Å². The minimum atomic E-state index is -0.961. The summed E-state index contributed by atoms with van der Waals surface area (Å²) in [6.45, 7) is 1.53. The van der Waals surface area contributed by atoms with Crippen LogP contribution in [0.5, 0.6) is 0 Å². The predicted octanol–water partition coefficient (Wildman–Crippen LogP) is 0.221. The van der Waals surface area contributed by atoms with E-state index in [0.717, 1.165) is 12.8 Å². The van der Waals surface area contributed by atoms with Crippen LogP contribution in [-0.4, -0.2) is 60.3 Å². The first kappa shape index (κ1) is 14.3. The fraction of sp³-hybridized carbons (Fsp3) is 0.846. The highest BCUT2D eigenvalue weighted by molar-refractivity contribution is 5.78. The molecule has 0 bridgehead atoms. The normalized spacial score (nSPS) is 26.0. The van der Waals surface area contributed by atoms with Gasteiger partial charge in [0, 0.05) is 19.1 Å². The number of amides is 1. The third-order valence-electron chi connectivity index (χ3n) is 3.76. The Bertz CT molecular complexity index is 329. The quantitative estimate of drug-likeness (QED) is 0.764. The highest BCUT2D eigenvalue weighted by Gasteiger charge is 2.27. The third kappa shape index (κ3) is 4.47. The van der Waals surface area contributed by atoms with Gasteiger partial charge in [-0.1, -0.05) is 19.3 Å². The maximum atomic E-state index is 11.9. The smallest absolute Gasteiger partial charge is 0.334 e. The summed E-state index contributed by atoms with van der Waals surface area (Å²) in [5, 5.41) is 11.9. The summed E-state index contributed by atoms with van der Waals surface area (Å²) in [5.74, 6) is -0.963. The van der Waals surface area contributed by atoms with Crippen LogP contribution in [0.4, 0.5) is 0 Å². The maximum absolute atomic E-state index is 11.9. The van der Waals surface area contributed by atoms with Crippen molar-refractivity contribution in [2.75, 3.05) is 26.2 Å². The molecule has 0 aromatic carbocycles. The number of aliphatic carboxylic acids is 1. The molecule has 19 heavy (non-hydrogen) atoms. The molecular formula is C13H22N2O4. The number of ether oxygens (including phenoxy) is 1. The lowest BCUT2D eigenvalue weighted by Crippen LogP contribution is -2.50. The van der Waals surface area contributed by atoms with E-state index in [1.807, 2.05) is 4.90 Å². The van der Waals surface area contributed by atoms with Crippen molar-refractivity contribution in [1.82, 2.24) is 10.2 Å². The van der Waals surface area contributed by atoms with Crippen molar-refractivity contribution >= 4 is 11.9 Å². The van der Waals surface area contributed by atoms with Gasteiger partial charge in [-0.25, -0.2) is 4.79 Å². The number of nitrogens with zero attached hydrogens (tertiary/aromatic N) is 1. The molecule has 1 atom stereocenters. The first-order chi connectivity index (χ1) is 9.15. The number of morpholine rings is 1. The fourth-order valence-electron chi connectivity index (χ4n) is 2.72.